The fraction of sp³-hybridized carbons (Fsp3) is 0.600. The van der Waals surface area contributed by atoms with Gasteiger partial charge >= 0.3 is 0 Å². The summed E-state index contributed by atoms with van der Waals surface area (Å²) in [6.45, 7) is 6.66. The Hall–Kier alpha value is -0.950. The van der Waals surface area contributed by atoms with Crippen LogP contribution in [0.4, 0.5) is 0 Å². The van der Waals surface area contributed by atoms with Crippen LogP contribution in [0.2, 0.25) is 0 Å². The average Bonchev–Trinajstić information content (AvgIpc) is 2.45. The molecule has 6 heteroatoms. The standard InChI is InChI=1S/C15H26N2O3S/c1-3-4-11-20-12-5-10-17-13(2)14-6-8-15(9-7-14)21(16,18)19/h6-9,13,17H,3-5,10-12H2,1-2H3,(H2,16,18,19). The van der Waals surface area contributed by atoms with Crippen molar-refractivity contribution in [3.05, 3.63) is 29.8 Å². The maximum atomic E-state index is 11.2. The van der Waals surface area contributed by atoms with Crippen LogP contribution < -0.4 is 10.5 Å². The lowest BCUT2D eigenvalue weighted by Crippen LogP contribution is -2.21. The zero-order valence-electron chi connectivity index (χ0n) is 12.8. The predicted octanol–water partition coefficient (Wildman–Crippen LogP) is 2.19. The Balaban J connectivity index is 2.31. The number of hydrogen-bond donors (Lipinski definition) is 2. The van der Waals surface area contributed by atoms with Crippen LogP contribution in [0.5, 0.6) is 0 Å². The predicted molar refractivity (Wildman–Crippen MR) is 84.6 cm³/mol. The van der Waals surface area contributed by atoms with E-state index in [1.54, 1.807) is 12.1 Å². The maximum absolute atomic E-state index is 11.2. The number of hydrogen-bond acceptors (Lipinski definition) is 4. The fourth-order valence-corrected chi connectivity index (χ4v) is 2.42. The first-order chi connectivity index (χ1) is 9.95. The minimum atomic E-state index is -3.61. The molecular formula is C15H26N2O3S. The van der Waals surface area contributed by atoms with Crippen LogP contribution in [-0.4, -0.2) is 28.2 Å². The van der Waals surface area contributed by atoms with Crippen LogP contribution >= 0.6 is 0 Å². The molecule has 1 atom stereocenters. The van der Waals surface area contributed by atoms with Gasteiger partial charge in [-0.05, 0) is 44.0 Å². The van der Waals surface area contributed by atoms with Gasteiger partial charge in [-0.2, -0.15) is 0 Å². The first kappa shape index (κ1) is 18.1. The second-order valence-electron chi connectivity index (χ2n) is 5.11. The molecule has 0 saturated heterocycles. The molecule has 1 aromatic carbocycles. The van der Waals surface area contributed by atoms with Crippen LogP contribution in [0.3, 0.4) is 0 Å². The van der Waals surface area contributed by atoms with Crippen LogP contribution in [-0.2, 0) is 14.8 Å². The Labute approximate surface area is 127 Å². The van der Waals surface area contributed by atoms with Crippen molar-refractivity contribution in [2.24, 2.45) is 5.14 Å². The zero-order chi connectivity index (χ0) is 15.7. The number of primary sulfonamides is 1. The van der Waals surface area contributed by atoms with Crippen LogP contribution in [0, 0.1) is 0 Å². The molecular weight excluding hydrogens is 288 g/mol. The highest BCUT2D eigenvalue weighted by atomic mass is 32.2. The number of benzene rings is 1. The summed E-state index contributed by atoms with van der Waals surface area (Å²) in [5, 5.41) is 8.46. The van der Waals surface area contributed by atoms with Gasteiger partial charge in [-0.3, -0.25) is 0 Å². The van der Waals surface area contributed by atoms with Crippen molar-refractivity contribution < 1.29 is 13.2 Å². The average molecular weight is 314 g/mol. The largest absolute Gasteiger partial charge is 0.381 e. The molecule has 0 saturated carbocycles. The van der Waals surface area contributed by atoms with Crippen LogP contribution in [0.25, 0.3) is 0 Å². The Morgan fingerprint density at radius 2 is 1.81 bits per heavy atom. The molecule has 1 aromatic rings. The third kappa shape index (κ3) is 7.04. The van der Waals surface area contributed by atoms with Crippen molar-refractivity contribution >= 4 is 10.0 Å². The molecule has 0 aliphatic heterocycles. The van der Waals surface area contributed by atoms with Gasteiger partial charge in [-0.1, -0.05) is 25.5 Å². The molecule has 21 heavy (non-hydrogen) atoms. The molecule has 0 aliphatic rings. The van der Waals surface area contributed by atoms with E-state index in [1.807, 2.05) is 6.92 Å². The molecule has 0 spiro atoms. The van der Waals surface area contributed by atoms with Gasteiger partial charge in [-0.25, -0.2) is 13.6 Å². The second kappa shape index (κ2) is 9.15. The summed E-state index contributed by atoms with van der Waals surface area (Å²) in [5.41, 5.74) is 1.04. The lowest BCUT2D eigenvalue weighted by Gasteiger charge is -2.14. The molecule has 0 radical (unpaired) electrons. The van der Waals surface area contributed by atoms with E-state index in [1.165, 1.54) is 12.1 Å². The Bertz CT molecular complexity index is 500. The number of nitrogens with one attached hydrogen (secondary N) is 1. The topological polar surface area (TPSA) is 81.4 Å². The molecule has 0 bridgehead atoms. The first-order valence-electron chi connectivity index (χ1n) is 7.39. The quantitative estimate of drug-likeness (QED) is 0.649. The fourth-order valence-electron chi connectivity index (χ4n) is 1.91. The summed E-state index contributed by atoms with van der Waals surface area (Å²) in [6, 6.07) is 6.81. The summed E-state index contributed by atoms with van der Waals surface area (Å²) < 4.78 is 27.9. The Morgan fingerprint density at radius 3 is 2.38 bits per heavy atom. The maximum Gasteiger partial charge on any atom is 0.238 e. The van der Waals surface area contributed by atoms with Crippen molar-refractivity contribution in [3.63, 3.8) is 0 Å². The van der Waals surface area contributed by atoms with Gasteiger partial charge in [0.25, 0.3) is 0 Å². The molecule has 1 unspecified atom stereocenters. The lowest BCUT2D eigenvalue weighted by molar-refractivity contribution is 0.128. The third-order valence-corrected chi connectivity index (χ3v) is 4.20. The number of ether oxygens (including phenoxy) is 1. The van der Waals surface area contributed by atoms with Gasteiger partial charge in [0.05, 0.1) is 4.90 Å². The Morgan fingerprint density at radius 1 is 1.19 bits per heavy atom. The van der Waals surface area contributed by atoms with Crippen molar-refractivity contribution in [3.8, 4) is 0 Å². The molecule has 1 rings (SSSR count). The van der Waals surface area contributed by atoms with Gasteiger partial charge in [0.2, 0.25) is 10.0 Å². The van der Waals surface area contributed by atoms with Crippen molar-refractivity contribution in [2.75, 3.05) is 19.8 Å². The zero-order valence-corrected chi connectivity index (χ0v) is 13.7. The monoisotopic (exact) mass is 314 g/mol. The van der Waals surface area contributed by atoms with E-state index in [4.69, 9.17) is 9.88 Å². The number of sulfonamides is 1. The van der Waals surface area contributed by atoms with Crippen LogP contribution in [0.1, 0.15) is 44.7 Å². The van der Waals surface area contributed by atoms with E-state index < -0.39 is 10.0 Å². The second-order valence-corrected chi connectivity index (χ2v) is 6.67. The summed E-state index contributed by atoms with van der Waals surface area (Å²) in [6.07, 6.45) is 3.23. The van der Waals surface area contributed by atoms with E-state index in [9.17, 15) is 8.42 Å². The third-order valence-electron chi connectivity index (χ3n) is 3.27. The van der Waals surface area contributed by atoms with E-state index >= 15 is 0 Å². The molecule has 5 nitrogen and oxygen atoms in total. The van der Waals surface area contributed by atoms with E-state index in [2.05, 4.69) is 12.2 Å². The van der Waals surface area contributed by atoms with Crippen molar-refractivity contribution in [2.45, 2.75) is 44.0 Å². The molecule has 0 aromatic heterocycles. The van der Waals surface area contributed by atoms with Crippen molar-refractivity contribution in [1.82, 2.24) is 5.32 Å². The molecule has 120 valence electrons. The molecule has 0 fully saturated rings. The Kier molecular flexibility index (Phi) is 7.88. The highest BCUT2D eigenvalue weighted by Crippen LogP contribution is 2.15. The summed E-state index contributed by atoms with van der Waals surface area (Å²) in [7, 11) is -3.61. The van der Waals surface area contributed by atoms with E-state index in [0.717, 1.165) is 44.6 Å². The molecule has 3 N–H and O–H groups in total. The SMILES string of the molecule is CCCCOCCCNC(C)c1ccc(S(N)(=O)=O)cc1. The van der Waals surface area contributed by atoms with Gasteiger partial charge in [0, 0.05) is 19.3 Å². The number of nitrogens with two attached hydrogens (primary N) is 1. The smallest absolute Gasteiger partial charge is 0.238 e. The van der Waals surface area contributed by atoms with E-state index in [-0.39, 0.29) is 10.9 Å². The highest BCUT2D eigenvalue weighted by Gasteiger charge is 2.09. The minimum Gasteiger partial charge on any atom is -0.381 e. The number of unbranched alkanes of at least 4 members (excludes halogenated alkanes) is 1. The van der Waals surface area contributed by atoms with Gasteiger partial charge in [0.15, 0.2) is 0 Å². The number of rotatable bonds is 10. The summed E-state index contributed by atoms with van der Waals surface area (Å²) in [5.74, 6) is 0. The lowest BCUT2D eigenvalue weighted by atomic mass is 10.1. The highest BCUT2D eigenvalue weighted by molar-refractivity contribution is 7.89. The minimum absolute atomic E-state index is 0.141. The first-order valence-corrected chi connectivity index (χ1v) is 8.93. The summed E-state index contributed by atoms with van der Waals surface area (Å²) >= 11 is 0. The normalized spacial score (nSPS) is 13.3. The van der Waals surface area contributed by atoms with Gasteiger partial charge < -0.3 is 10.1 Å². The van der Waals surface area contributed by atoms with Crippen molar-refractivity contribution in [1.29, 1.82) is 0 Å². The molecule has 0 aliphatic carbocycles. The van der Waals surface area contributed by atoms with Gasteiger partial charge in [0.1, 0.15) is 0 Å². The van der Waals surface area contributed by atoms with Crippen LogP contribution in [0.15, 0.2) is 29.2 Å². The summed E-state index contributed by atoms with van der Waals surface area (Å²) in [4.78, 5) is 0.141. The van der Waals surface area contributed by atoms with E-state index in [0.29, 0.717) is 0 Å². The molecule has 0 heterocycles. The molecule has 0 amide bonds. The van der Waals surface area contributed by atoms with Gasteiger partial charge in [-0.15, -0.1) is 0 Å².